The van der Waals surface area contributed by atoms with Crippen LogP contribution in [0.5, 0.6) is 0 Å². The fourth-order valence-electron chi connectivity index (χ4n) is 3.13. The lowest BCUT2D eigenvalue weighted by Gasteiger charge is -2.29. The van der Waals surface area contributed by atoms with Crippen LogP contribution in [-0.2, 0) is 28.2 Å². The summed E-state index contributed by atoms with van der Waals surface area (Å²) in [7, 11) is 1.75. The van der Waals surface area contributed by atoms with E-state index in [1.807, 2.05) is 6.07 Å². The van der Waals surface area contributed by atoms with Gasteiger partial charge in [0.05, 0.1) is 6.61 Å². The molecule has 1 aromatic carbocycles. The van der Waals surface area contributed by atoms with Crippen molar-refractivity contribution in [2.75, 3.05) is 33.4 Å². The van der Waals surface area contributed by atoms with E-state index in [4.69, 9.17) is 26.1 Å². The van der Waals surface area contributed by atoms with Crippen LogP contribution in [0.1, 0.15) is 16.7 Å². The maximum atomic E-state index is 10.6. The van der Waals surface area contributed by atoms with Crippen LogP contribution >= 0.6 is 0 Å². The highest BCUT2D eigenvalue weighted by atomic mass is 19.4. The second-order valence-corrected chi connectivity index (χ2v) is 6.90. The van der Waals surface area contributed by atoms with Gasteiger partial charge in [-0.2, -0.15) is 13.2 Å². The lowest BCUT2D eigenvalue weighted by molar-refractivity contribution is -0.192. The van der Waals surface area contributed by atoms with Gasteiger partial charge in [-0.3, -0.25) is 5.73 Å². The van der Waals surface area contributed by atoms with Gasteiger partial charge in [0.1, 0.15) is 5.84 Å². The number of aliphatic carboxylic acids is 1. The van der Waals surface area contributed by atoms with E-state index in [9.17, 15) is 13.2 Å². The van der Waals surface area contributed by atoms with Crippen molar-refractivity contribution in [2.45, 2.75) is 24.8 Å². The number of ether oxygens (including phenoxy) is 1. The molecule has 30 heavy (non-hydrogen) atoms. The Kier molecular flexibility index (Phi) is 7.82. The van der Waals surface area contributed by atoms with Crippen molar-refractivity contribution in [3.63, 3.8) is 0 Å². The maximum Gasteiger partial charge on any atom is 0.490 e. The van der Waals surface area contributed by atoms with Crippen LogP contribution in [0.15, 0.2) is 35.5 Å². The van der Waals surface area contributed by atoms with Crippen molar-refractivity contribution in [2.24, 2.45) is 16.5 Å². The number of nitrogens with zero attached hydrogens (tertiary/aromatic N) is 2. The van der Waals surface area contributed by atoms with E-state index in [0.717, 1.165) is 44.6 Å². The number of hydrogen-bond acceptors (Lipinski definition) is 7. The summed E-state index contributed by atoms with van der Waals surface area (Å²) < 4.78 is 36.9. The lowest BCUT2D eigenvalue weighted by Crippen LogP contribution is -2.49. The van der Waals surface area contributed by atoms with Gasteiger partial charge < -0.3 is 25.8 Å². The van der Waals surface area contributed by atoms with Gasteiger partial charge in [-0.15, -0.1) is 0 Å². The molecule has 0 spiro atoms. The van der Waals surface area contributed by atoms with Gasteiger partial charge >= 0.3 is 12.1 Å². The molecule has 8 nitrogen and oxygen atoms in total. The largest absolute Gasteiger partial charge is 0.490 e. The van der Waals surface area contributed by atoms with Crippen LogP contribution < -0.4 is 16.8 Å². The van der Waals surface area contributed by atoms with Gasteiger partial charge in [0, 0.05) is 38.5 Å². The number of halogens is 3. The highest BCUT2D eigenvalue weighted by Crippen LogP contribution is 2.24. The maximum absolute atomic E-state index is 10.6. The number of rotatable bonds is 4. The first-order valence-electron chi connectivity index (χ1n) is 9.27. The zero-order valence-corrected chi connectivity index (χ0v) is 16.6. The van der Waals surface area contributed by atoms with Crippen LogP contribution in [0, 0.1) is 0 Å². The summed E-state index contributed by atoms with van der Waals surface area (Å²) >= 11 is 0. The molecule has 1 atom stereocenters. The van der Waals surface area contributed by atoms with Gasteiger partial charge in [0.25, 0.3) is 0 Å². The van der Waals surface area contributed by atoms with Crippen LogP contribution in [0.4, 0.5) is 13.2 Å². The third-order valence-electron chi connectivity index (χ3n) is 4.76. The standard InChI is InChI=1S/C17H25N5O.C2HF3O2/c1-23-11-10-22-8-5-13-2-3-15(12-14(13)6-9-22)17(19)20-7-4-16(18)21-17;3-2(4,5)1(6)7/h2-4,7,12,20H,5-6,8-11,19H2,1H3,(H2,18,21);(H,6,7). The minimum Gasteiger partial charge on any atom is -0.475 e. The van der Waals surface area contributed by atoms with Crippen molar-refractivity contribution < 1.29 is 27.8 Å². The number of carboxylic acids is 1. The van der Waals surface area contributed by atoms with Gasteiger partial charge in [-0.05, 0) is 36.1 Å². The van der Waals surface area contributed by atoms with Crippen molar-refractivity contribution in [3.05, 3.63) is 47.2 Å². The van der Waals surface area contributed by atoms with Crippen molar-refractivity contribution in [1.29, 1.82) is 0 Å². The van der Waals surface area contributed by atoms with Gasteiger partial charge in [-0.25, -0.2) is 9.79 Å². The molecule has 0 fully saturated rings. The van der Waals surface area contributed by atoms with Crippen LogP contribution in [-0.4, -0.2) is 61.3 Å². The predicted octanol–water partition coefficient (Wildman–Crippen LogP) is 0.910. The van der Waals surface area contributed by atoms with E-state index in [1.165, 1.54) is 11.1 Å². The smallest absolute Gasteiger partial charge is 0.475 e. The molecule has 0 saturated heterocycles. The number of nitrogens with one attached hydrogen (secondary N) is 1. The molecule has 0 radical (unpaired) electrons. The minimum absolute atomic E-state index is 0.437. The Morgan fingerprint density at radius 1 is 1.33 bits per heavy atom. The van der Waals surface area contributed by atoms with Crippen LogP contribution in [0.25, 0.3) is 0 Å². The Bertz CT molecular complexity index is 813. The summed E-state index contributed by atoms with van der Waals surface area (Å²) in [6.07, 6.45) is 0.441. The van der Waals surface area contributed by atoms with Crippen LogP contribution in [0.2, 0.25) is 0 Å². The lowest BCUT2D eigenvalue weighted by atomic mass is 9.97. The first-order valence-corrected chi connectivity index (χ1v) is 9.27. The monoisotopic (exact) mass is 429 g/mol. The highest BCUT2D eigenvalue weighted by molar-refractivity contribution is 5.92. The number of hydrogen-bond donors (Lipinski definition) is 4. The Morgan fingerprint density at radius 2 is 1.97 bits per heavy atom. The molecule has 0 amide bonds. The first-order chi connectivity index (χ1) is 14.0. The molecular weight excluding hydrogens is 403 g/mol. The molecule has 11 heteroatoms. The summed E-state index contributed by atoms with van der Waals surface area (Å²) in [4.78, 5) is 15.7. The minimum atomic E-state index is -5.08. The summed E-state index contributed by atoms with van der Waals surface area (Å²) in [5, 5.41) is 10.2. The number of amidine groups is 1. The summed E-state index contributed by atoms with van der Waals surface area (Å²) in [5.41, 5.74) is 15.9. The number of alkyl halides is 3. The number of carboxylic acid groups (broad SMARTS) is 1. The number of fused-ring (bicyclic) bond motifs is 1. The number of carbonyl (C=O) groups is 1. The van der Waals surface area contributed by atoms with Gasteiger partial charge in [0.15, 0.2) is 0 Å². The molecule has 0 aliphatic carbocycles. The van der Waals surface area contributed by atoms with Crippen LogP contribution in [0.3, 0.4) is 0 Å². The van der Waals surface area contributed by atoms with Gasteiger partial charge in [0.2, 0.25) is 5.79 Å². The summed E-state index contributed by atoms with van der Waals surface area (Å²) in [6, 6.07) is 6.38. The molecule has 6 N–H and O–H groups in total. The first kappa shape index (κ1) is 23.6. The van der Waals surface area contributed by atoms with Gasteiger partial charge in [-0.1, -0.05) is 12.1 Å². The normalized spacial score (nSPS) is 21.4. The topological polar surface area (TPSA) is 126 Å². The summed E-state index contributed by atoms with van der Waals surface area (Å²) in [5.74, 6) is -3.30. The number of nitrogens with two attached hydrogens (primary N) is 2. The molecule has 1 unspecified atom stereocenters. The molecule has 2 heterocycles. The van der Waals surface area contributed by atoms with E-state index < -0.39 is 17.9 Å². The number of methoxy groups -OCH3 is 1. The molecule has 3 rings (SSSR count). The van der Waals surface area contributed by atoms with E-state index in [0.29, 0.717) is 5.84 Å². The Balaban J connectivity index is 0.000000396. The predicted molar refractivity (Wildman–Crippen MR) is 106 cm³/mol. The molecule has 166 valence electrons. The van der Waals surface area contributed by atoms with E-state index >= 15 is 0 Å². The van der Waals surface area contributed by atoms with Crippen molar-refractivity contribution >= 4 is 11.8 Å². The van der Waals surface area contributed by atoms with Crippen molar-refractivity contribution in [1.82, 2.24) is 10.2 Å². The molecule has 1 aromatic rings. The molecule has 2 aliphatic rings. The number of benzene rings is 1. The second kappa shape index (κ2) is 9.92. The quantitative estimate of drug-likeness (QED) is 0.560. The van der Waals surface area contributed by atoms with E-state index in [1.54, 1.807) is 19.4 Å². The zero-order chi connectivity index (χ0) is 22.4. The average molecular weight is 429 g/mol. The Hall–Kier alpha value is -2.63. The zero-order valence-electron chi connectivity index (χ0n) is 16.6. The molecular formula is C19H26F3N5O3. The number of aliphatic imine (C=N–C) groups is 1. The molecule has 0 saturated carbocycles. The summed E-state index contributed by atoms with van der Waals surface area (Å²) in [6.45, 7) is 3.86. The Morgan fingerprint density at radius 3 is 2.53 bits per heavy atom. The van der Waals surface area contributed by atoms with E-state index in [-0.39, 0.29) is 0 Å². The van der Waals surface area contributed by atoms with Crippen molar-refractivity contribution in [3.8, 4) is 0 Å². The fraction of sp³-hybridized carbons (Fsp3) is 0.474. The third-order valence-corrected chi connectivity index (χ3v) is 4.76. The SMILES string of the molecule is COCCN1CCc2ccc(C3(N)N=C(N)C=CN3)cc2CC1.O=C(O)C(F)(F)F. The second-order valence-electron chi connectivity index (χ2n) is 6.90. The average Bonchev–Trinajstić information content (AvgIpc) is 2.87. The highest BCUT2D eigenvalue weighted by Gasteiger charge is 2.38. The molecule has 0 aromatic heterocycles. The molecule has 0 bridgehead atoms. The fourth-order valence-corrected chi connectivity index (χ4v) is 3.13. The molecule has 2 aliphatic heterocycles. The van der Waals surface area contributed by atoms with E-state index in [2.05, 4.69) is 27.3 Å². The Labute approximate surface area is 172 Å². The third kappa shape index (κ3) is 6.44.